The van der Waals surface area contributed by atoms with E-state index in [2.05, 4.69) is 43.1 Å². The average Bonchev–Trinajstić information content (AvgIpc) is 3.58. The van der Waals surface area contributed by atoms with Crippen molar-refractivity contribution < 1.29 is 28.8 Å². The first-order valence-electron chi connectivity index (χ1n) is 15.7. The zero-order valence-electron chi connectivity index (χ0n) is 25.4. The summed E-state index contributed by atoms with van der Waals surface area (Å²) in [5.74, 6) is -1.05. The van der Waals surface area contributed by atoms with Gasteiger partial charge in [-0.1, -0.05) is 62.4 Å². The van der Waals surface area contributed by atoms with E-state index < -0.39 is 40.0 Å². The summed E-state index contributed by atoms with van der Waals surface area (Å²) in [6, 6.07) is 18.6. The maximum atomic E-state index is 13.5. The van der Waals surface area contributed by atoms with Gasteiger partial charge in [0.2, 0.25) is 0 Å². The summed E-state index contributed by atoms with van der Waals surface area (Å²) in [5, 5.41) is 14.6. The second-order valence-electron chi connectivity index (χ2n) is 14.3. The monoisotopic (exact) mass is 583 g/mol. The Morgan fingerprint density at radius 1 is 1.00 bits per heavy atom. The minimum Gasteiger partial charge on any atom is -0.382 e. The van der Waals surface area contributed by atoms with Gasteiger partial charge in [-0.25, -0.2) is 0 Å². The molecular formula is C36H41NO6. The molecule has 3 fully saturated rings. The number of carbonyl (C=O) groups is 1. The molecule has 1 aromatic heterocycles. The third-order valence-corrected chi connectivity index (χ3v) is 11.9. The molecule has 1 spiro atoms. The van der Waals surface area contributed by atoms with Crippen LogP contribution in [-0.4, -0.2) is 58.3 Å². The van der Waals surface area contributed by atoms with Crippen molar-refractivity contribution in [3.05, 3.63) is 83.1 Å². The minimum absolute atomic E-state index is 0.152. The second-order valence-corrected chi connectivity index (χ2v) is 14.3. The Labute approximate surface area is 252 Å². The summed E-state index contributed by atoms with van der Waals surface area (Å²) in [4.78, 5) is 17.3. The summed E-state index contributed by atoms with van der Waals surface area (Å²) in [5.41, 5.74) is 1.94. The van der Waals surface area contributed by atoms with Crippen LogP contribution in [0.25, 0.3) is 10.9 Å². The molecule has 2 N–H and O–H groups in total. The molecule has 226 valence electrons. The van der Waals surface area contributed by atoms with Crippen molar-refractivity contribution in [3.8, 4) is 0 Å². The van der Waals surface area contributed by atoms with E-state index in [1.807, 2.05) is 44.2 Å². The quantitative estimate of drug-likeness (QED) is 0.371. The van der Waals surface area contributed by atoms with E-state index in [-0.39, 0.29) is 11.7 Å². The Morgan fingerprint density at radius 3 is 2.58 bits per heavy atom. The lowest BCUT2D eigenvalue weighted by molar-refractivity contribution is -0.281. The zero-order chi connectivity index (χ0) is 29.8. The molecule has 3 aliphatic carbocycles. The molecule has 2 bridgehead atoms. The number of ketones is 1. The van der Waals surface area contributed by atoms with Crippen LogP contribution < -0.4 is 0 Å². The van der Waals surface area contributed by atoms with Crippen LogP contribution in [0.4, 0.5) is 0 Å². The highest BCUT2D eigenvalue weighted by Gasteiger charge is 2.78. The molecule has 8 rings (SSSR count). The minimum atomic E-state index is -1.50. The Morgan fingerprint density at radius 2 is 1.77 bits per heavy atom. The fourth-order valence-corrected chi connectivity index (χ4v) is 9.60. The lowest BCUT2D eigenvalue weighted by Gasteiger charge is -2.67. The van der Waals surface area contributed by atoms with E-state index >= 15 is 0 Å². The van der Waals surface area contributed by atoms with E-state index in [1.165, 1.54) is 16.6 Å². The van der Waals surface area contributed by atoms with Crippen LogP contribution >= 0.6 is 0 Å². The molecule has 7 nitrogen and oxygen atoms in total. The van der Waals surface area contributed by atoms with Crippen LogP contribution in [0.15, 0.2) is 66.2 Å². The van der Waals surface area contributed by atoms with Crippen LogP contribution in [0.2, 0.25) is 0 Å². The van der Waals surface area contributed by atoms with Gasteiger partial charge in [-0.05, 0) is 62.3 Å². The molecule has 43 heavy (non-hydrogen) atoms. The lowest BCUT2D eigenvalue weighted by Crippen LogP contribution is -2.74. The van der Waals surface area contributed by atoms with Gasteiger partial charge >= 0.3 is 0 Å². The van der Waals surface area contributed by atoms with E-state index in [0.29, 0.717) is 44.7 Å². The maximum Gasteiger partial charge on any atom is 0.195 e. The van der Waals surface area contributed by atoms with Crippen LogP contribution in [0.5, 0.6) is 0 Å². The first kappa shape index (κ1) is 27.7. The number of benzene rings is 2. The van der Waals surface area contributed by atoms with Crippen LogP contribution in [-0.2, 0) is 42.2 Å². The van der Waals surface area contributed by atoms with E-state index in [1.54, 1.807) is 6.08 Å². The zero-order valence-corrected chi connectivity index (χ0v) is 25.4. The molecular weight excluding hydrogens is 542 g/mol. The third kappa shape index (κ3) is 3.51. The Hall–Kier alpha value is -2.81. The fourth-order valence-electron chi connectivity index (χ4n) is 9.60. The van der Waals surface area contributed by atoms with Crippen molar-refractivity contribution in [2.24, 2.45) is 11.3 Å². The van der Waals surface area contributed by atoms with Gasteiger partial charge in [0, 0.05) is 39.4 Å². The molecule has 7 atom stereocenters. The Balaban J connectivity index is 1.19. The molecule has 3 aromatic rings. The number of aliphatic hydroxyl groups is 1. The van der Waals surface area contributed by atoms with E-state index in [0.717, 1.165) is 17.5 Å². The van der Waals surface area contributed by atoms with Gasteiger partial charge in [-0.2, -0.15) is 0 Å². The summed E-state index contributed by atoms with van der Waals surface area (Å²) >= 11 is 0. The molecule has 0 radical (unpaired) electrons. The third-order valence-electron chi connectivity index (χ3n) is 11.9. The number of aromatic nitrogens is 1. The number of nitrogens with one attached hydrogen (secondary N) is 1. The van der Waals surface area contributed by atoms with Crippen LogP contribution in [0, 0.1) is 11.3 Å². The van der Waals surface area contributed by atoms with Crippen LogP contribution in [0.1, 0.15) is 63.8 Å². The number of carbonyl (C=O) groups excluding carboxylic acids is 1. The van der Waals surface area contributed by atoms with Crippen molar-refractivity contribution >= 4 is 16.7 Å². The molecule has 1 saturated heterocycles. The molecule has 0 amide bonds. The van der Waals surface area contributed by atoms with E-state index in [4.69, 9.17) is 18.9 Å². The first-order chi connectivity index (χ1) is 20.5. The molecule has 5 aliphatic rings. The Kier molecular flexibility index (Phi) is 5.88. The largest absolute Gasteiger partial charge is 0.382 e. The molecule has 2 aromatic carbocycles. The number of hydrogen-bond acceptors (Lipinski definition) is 6. The van der Waals surface area contributed by atoms with Crippen molar-refractivity contribution in [1.29, 1.82) is 0 Å². The highest BCUT2D eigenvalue weighted by Crippen LogP contribution is 2.72. The van der Waals surface area contributed by atoms with Gasteiger partial charge in [0.1, 0.15) is 11.2 Å². The number of aromatic amines is 1. The summed E-state index contributed by atoms with van der Waals surface area (Å²) in [7, 11) is 0. The molecule has 2 aliphatic heterocycles. The smallest absolute Gasteiger partial charge is 0.195 e. The van der Waals surface area contributed by atoms with Gasteiger partial charge in [0.15, 0.2) is 17.7 Å². The Bertz CT molecular complexity index is 1640. The number of para-hydroxylation sites is 1. The second kappa shape index (κ2) is 9.11. The van der Waals surface area contributed by atoms with Crippen molar-refractivity contribution in [2.45, 2.75) is 94.6 Å². The standard InChI is InChI=1S/C36H41NO6/c1-32(2)31-27(38)20-28-35(42-31,43-32)15-14-33(3)34(4)23(18-25-24-12-8-9-13-26(24)37-30(25)34)19-29(36(28,33)39)41-17-16-40-21-22-10-6-5-7-11-22/h5-13,20,23,29,31,37,39H,14-19,21H2,1-4H3/t23-,29+,31+,33-,34-,35+,36+/m1/s1. The molecule has 3 heterocycles. The van der Waals surface area contributed by atoms with Crippen molar-refractivity contribution in [1.82, 2.24) is 4.98 Å². The maximum absolute atomic E-state index is 13.5. The number of H-pyrrole nitrogens is 1. The molecule has 0 unspecified atom stereocenters. The normalized spacial score (nSPS) is 38.8. The molecule has 7 heteroatoms. The van der Waals surface area contributed by atoms with Gasteiger partial charge < -0.3 is 29.0 Å². The fraction of sp³-hybridized carbons (Fsp3) is 0.528. The summed E-state index contributed by atoms with van der Waals surface area (Å²) < 4.78 is 25.8. The summed E-state index contributed by atoms with van der Waals surface area (Å²) in [6.07, 6.45) is 3.18. The first-order valence-corrected chi connectivity index (χ1v) is 15.7. The SMILES string of the molecule is CC1(C)O[C@@]23CC[C@]4(C)[C@@]5(C)c6[nH]c7ccccc7c6C[C@@H]5C[C@H](OCCOCc5ccccc5)[C@@]4(O)C2=CC(=O)[C@@H]1O3. The van der Waals surface area contributed by atoms with Crippen molar-refractivity contribution in [2.75, 3.05) is 13.2 Å². The van der Waals surface area contributed by atoms with Gasteiger partial charge in [-0.15, -0.1) is 0 Å². The highest BCUT2D eigenvalue weighted by molar-refractivity contribution is 5.97. The van der Waals surface area contributed by atoms with Crippen LogP contribution in [0.3, 0.4) is 0 Å². The number of ether oxygens (including phenoxy) is 4. The van der Waals surface area contributed by atoms with E-state index in [9.17, 15) is 9.90 Å². The predicted molar refractivity (Wildman–Crippen MR) is 161 cm³/mol. The summed E-state index contributed by atoms with van der Waals surface area (Å²) in [6.45, 7) is 9.56. The molecule has 2 saturated carbocycles. The predicted octanol–water partition coefficient (Wildman–Crippen LogP) is 5.53. The van der Waals surface area contributed by atoms with Gasteiger partial charge in [-0.3, -0.25) is 4.79 Å². The number of hydrogen-bond donors (Lipinski definition) is 2. The van der Waals surface area contributed by atoms with Gasteiger partial charge in [0.05, 0.1) is 25.9 Å². The lowest BCUT2D eigenvalue weighted by atomic mass is 9.41. The highest BCUT2D eigenvalue weighted by atomic mass is 16.8. The van der Waals surface area contributed by atoms with Gasteiger partial charge in [0.25, 0.3) is 0 Å². The number of rotatable bonds is 6. The van der Waals surface area contributed by atoms with Crippen molar-refractivity contribution in [3.63, 3.8) is 0 Å². The average molecular weight is 584 g/mol. The topological polar surface area (TPSA) is 90.0 Å². The number of fused-ring (bicyclic) bond motifs is 9.